The smallest absolute Gasteiger partial charge is 0.187 e. The van der Waals surface area contributed by atoms with Gasteiger partial charge in [-0.3, -0.25) is 4.79 Å². The molecule has 0 bridgehead atoms. The van der Waals surface area contributed by atoms with Crippen LogP contribution in [0.3, 0.4) is 0 Å². The summed E-state index contributed by atoms with van der Waals surface area (Å²) in [6.07, 6.45) is 2.03. The van der Waals surface area contributed by atoms with Gasteiger partial charge in [-0.05, 0) is 25.5 Å². The van der Waals surface area contributed by atoms with Crippen molar-refractivity contribution < 1.29 is 4.79 Å². The van der Waals surface area contributed by atoms with Gasteiger partial charge in [-0.2, -0.15) is 0 Å². The molecule has 0 heterocycles. The molecule has 2 heteroatoms. The molecule has 0 aliphatic heterocycles. The van der Waals surface area contributed by atoms with Gasteiger partial charge in [0.15, 0.2) is 5.78 Å². The van der Waals surface area contributed by atoms with E-state index in [1.807, 2.05) is 13.8 Å². The Morgan fingerprint density at radius 2 is 2.17 bits per heavy atom. The molecule has 0 aromatic heterocycles. The summed E-state index contributed by atoms with van der Waals surface area (Å²) in [4.78, 5) is 11.3. The lowest BCUT2D eigenvalue weighted by molar-refractivity contribution is -0.111. The van der Waals surface area contributed by atoms with Crippen LogP contribution in [0.15, 0.2) is 35.1 Å². The van der Waals surface area contributed by atoms with Crippen molar-refractivity contribution in [2.24, 2.45) is 5.73 Å². The monoisotopic (exact) mass is 163 g/mol. The van der Waals surface area contributed by atoms with Crippen LogP contribution in [0.5, 0.6) is 0 Å². The average Bonchev–Trinajstić information content (AvgIpc) is 2.26. The van der Waals surface area contributed by atoms with E-state index in [0.29, 0.717) is 11.3 Å². The van der Waals surface area contributed by atoms with E-state index in [0.717, 1.165) is 12.0 Å². The first-order chi connectivity index (χ1) is 5.57. The zero-order chi connectivity index (χ0) is 9.30. The molecule has 0 saturated heterocycles. The molecular weight excluding hydrogens is 150 g/mol. The Hall–Kier alpha value is -1.31. The van der Waals surface area contributed by atoms with Crippen LogP contribution in [0.4, 0.5) is 0 Å². The second kappa shape index (κ2) is 2.97. The predicted molar refractivity (Wildman–Crippen MR) is 49.4 cm³/mol. The summed E-state index contributed by atoms with van der Waals surface area (Å²) in [5.41, 5.74) is 9.23. The van der Waals surface area contributed by atoms with Gasteiger partial charge < -0.3 is 5.73 Å². The van der Waals surface area contributed by atoms with Gasteiger partial charge in [-0.1, -0.05) is 12.2 Å². The van der Waals surface area contributed by atoms with Crippen molar-refractivity contribution in [3.63, 3.8) is 0 Å². The quantitative estimate of drug-likeness (QED) is 0.629. The van der Waals surface area contributed by atoms with Crippen LogP contribution in [0.1, 0.15) is 20.3 Å². The van der Waals surface area contributed by atoms with Crippen molar-refractivity contribution in [1.29, 1.82) is 0 Å². The fourth-order valence-electron chi connectivity index (χ4n) is 1.41. The third kappa shape index (κ3) is 1.20. The van der Waals surface area contributed by atoms with Crippen LogP contribution < -0.4 is 5.73 Å². The maximum atomic E-state index is 11.3. The molecule has 2 N–H and O–H groups in total. The van der Waals surface area contributed by atoms with Crippen molar-refractivity contribution in [2.45, 2.75) is 20.3 Å². The molecule has 1 aliphatic carbocycles. The number of hydrogen-bond donors (Lipinski definition) is 1. The zero-order valence-electron chi connectivity index (χ0n) is 7.48. The number of carbonyl (C=O) groups is 1. The molecule has 1 rings (SSSR count). The van der Waals surface area contributed by atoms with Crippen LogP contribution in [-0.4, -0.2) is 5.78 Å². The summed E-state index contributed by atoms with van der Waals surface area (Å²) in [6, 6.07) is 0. The molecule has 0 atom stereocenters. The summed E-state index contributed by atoms with van der Waals surface area (Å²) < 4.78 is 0. The van der Waals surface area contributed by atoms with E-state index in [9.17, 15) is 4.79 Å². The first-order valence-corrected chi connectivity index (χ1v) is 3.90. The Labute approximate surface area is 72.5 Å². The molecule has 0 radical (unpaired) electrons. The lowest BCUT2D eigenvalue weighted by Crippen LogP contribution is -2.05. The van der Waals surface area contributed by atoms with Crippen LogP contribution in [0, 0.1) is 0 Å². The Kier molecular flexibility index (Phi) is 2.18. The number of carbonyl (C=O) groups excluding carboxylic acids is 1. The first kappa shape index (κ1) is 8.78. The molecule has 64 valence electrons. The fraction of sp³-hybridized carbons (Fsp3) is 0.300. The summed E-state index contributed by atoms with van der Waals surface area (Å²) in [5, 5.41) is 0. The van der Waals surface area contributed by atoms with Gasteiger partial charge in [-0.15, -0.1) is 0 Å². The first-order valence-electron chi connectivity index (χ1n) is 3.90. The largest absolute Gasteiger partial charge is 0.401 e. The van der Waals surface area contributed by atoms with Crippen molar-refractivity contribution in [2.75, 3.05) is 0 Å². The van der Waals surface area contributed by atoms with E-state index in [1.54, 1.807) is 0 Å². The summed E-state index contributed by atoms with van der Waals surface area (Å²) in [6.45, 7) is 7.35. The van der Waals surface area contributed by atoms with Crippen LogP contribution in [0.2, 0.25) is 0 Å². The standard InChI is InChI=1S/C10H13NO/c1-4-9(12)10-7(3)6(2)5-8(10)11/h4H,1,5,11H2,2-3H3. The maximum absolute atomic E-state index is 11.3. The number of nitrogens with two attached hydrogens (primary N) is 1. The van der Waals surface area contributed by atoms with E-state index in [2.05, 4.69) is 6.58 Å². The lowest BCUT2D eigenvalue weighted by Gasteiger charge is -2.00. The highest BCUT2D eigenvalue weighted by Crippen LogP contribution is 2.29. The second-order valence-corrected chi connectivity index (χ2v) is 3.05. The van der Waals surface area contributed by atoms with Gasteiger partial charge in [0, 0.05) is 17.7 Å². The van der Waals surface area contributed by atoms with E-state index < -0.39 is 0 Å². The third-order valence-electron chi connectivity index (χ3n) is 2.22. The van der Waals surface area contributed by atoms with Gasteiger partial charge in [0.1, 0.15) is 0 Å². The normalized spacial score (nSPS) is 17.2. The molecule has 0 amide bonds. The fourth-order valence-corrected chi connectivity index (χ4v) is 1.41. The van der Waals surface area contributed by atoms with Crippen molar-refractivity contribution >= 4 is 5.78 Å². The zero-order valence-corrected chi connectivity index (χ0v) is 7.48. The van der Waals surface area contributed by atoms with Crippen LogP contribution >= 0.6 is 0 Å². The average molecular weight is 163 g/mol. The molecule has 0 saturated carbocycles. The topological polar surface area (TPSA) is 43.1 Å². The van der Waals surface area contributed by atoms with E-state index in [-0.39, 0.29) is 5.78 Å². The minimum atomic E-state index is -0.0677. The minimum absolute atomic E-state index is 0.0677. The molecule has 1 aliphatic rings. The van der Waals surface area contributed by atoms with Gasteiger partial charge in [0.05, 0.1) is 0 Å². The van der Waals surface area contributed by atoms with E-state index in [4.69, 9.17) is 5.73 Å². The molecule has 0 spiro atoms. The minimum Gasteiger partial charge on any atom is -0.401 e. The summed E-state index contributed by atoms with van der Waals surface area (Å²) >= 11 is 0. The van der Waals surface area contributed by atoms with Crippen molar-refractivity contribution in [1.82, 2.24) is 0 Å². The molecule has 0 aromatic rings. The maximum Gasteiger partial charge on any atom is 0.187 e. The van der Waals surface area contributed by atoms with Crippen LogP contribution in [0.25, 0.3) is 0 Å². The molecule has 12 heavy (non-hydrogen) atoms. The van der Waals surface area contributed by atoms with Gasteiger partial charge in [0.2, 0.25) is 0 Å². The van der Waals surface area contributed by atoms with Gasteiger partial charge >= 0.3 is 0 Å². The SMILES string of the molecule is C=CC(=O)C1=C(N)CC(C)=C1C. The van der Waals surface area contributed by atoms with E-state index in [1.165, 1.54) is 11.6 Å². The number of rotatable bonds is 2. The number of ketones is 1. The Bertz CT molecular complexity index is 308. The van der Waals surface area contributed by atoms with Crippen molar-refractivity contribution in [3.05, 3.63) is 35.1 Å². The Morgan fingerprint density at radius 3 is 2.50 bits per heavy atom. The highest BCUT2D eigenvalue weighted by atomic mass is 16.1. The van der Waals surface area contributed by atoms with Crippen LogP contribution in [-0.2, 0) is 4.79 Å². The van der Waals surface area contributed by atoms with Gasteiger partial charge in [-0.25, -0.2) is 0 Å². The number of hydrogen-bond acceptors (Lipinski definition) is 2. The number of allylic oxidation sites excluding steroid dienone is 4. The molecule has 0 fully saturated rings. The Morgan fingerprint density at radius 1 is 1.58 bits per heavy atom. The predicted octanol–water partition coefficient (Wildman–Crippen LogP) is 1.69. The molecular formula is C10H13NO. The molecule has 2 nitrogen and oxygen atoms in total. The summed E-state index contributed by atoms with van der Waals surface area (Å²) in [7, 11) is 0. The Balaban J connectivity index is 3.11. The summed E-state index contributed by atoms with van der Waals surface area (Å²) in [5.74, 6) is -0.0677. The second-order valence-electron chi connectivity index (χ2n) is 3.05. The van der Waals surface area contributed by atoms with Gasteiger partial charge in [0.25, 0.3) is 0 Å². The van der Waals surface area contributed by atoms with E-state index >= 15 is 0 Å². The third-order valence-corrected chi connectivity index (χ3v) is 2.22. The molecule has 0 aromatic carbocycles. The highest BCUT2D eigenvalue weighted by molar-refractivity contribution is 6.08. The molecule has 0 unspecified atom stereocenters. The lowest BCUT2D eigenvalue weighted by atomic mass is 10.0. The van der Waals surface area contributed by atoms with Crippen molar-refractivity contribution in [3.8, 4) is 0 Å². The highest BCUT2D eigenvalue weighted by Gasteiger charge is 2.20.